The summed E-state index contributed by atoms with van der Waals surface area (Å²) >= 11 is 5.71. The summed E-state index contributed by atoms with van der Waals surface area (Å²) in [7, 11) is 2.99. The van der Waals surface area contributed by atoms with Gasteiger partial charge in [-0.2, -0.15) is 5.10 Å². The van der Waals surface area contributed by atoms with Crippen molar-refractivity contribution in [3.63, 3.8) is 0 Å². The molecule has 3 rings (SSSR count). The summed E-state index contributed by atoms with van der Waals surface area (Å²) in [5.41, 5.74) is 3.93. The summed E-state index contributed by atoms with van der Waals surface area (Å²) < 4.78 is 13.3. The number of hydrogen-bond acceptors (Lipinski definition) is 4. The van der Waals surface area contributed by atoms with E-state index in [1.807, 2.05) is 47.0 Å². The topological polar surface area (TPSA) is 53.3 Å². The Kier molecular flexibility index (Phi) is 6.32. The van der Waals surface area contributed by atoms with E-state index in [1.165, 1.54) is 7.11 Å². The third-order valence-corrected chi connectivity index (χ3v) is 6.27. The van der Waals surface area contributed by atoms with E-state index in [-0.39, 0.29) is 0 Å². The second kappa shape index (κ2) is 8.50. The highest BCUT2D eigenvalue weighted by molar-refractivity contribution is 14.2. The maximum absolute atomic E-state index is 12.4. The van der Waals surface area contributed by atoms with Gasteiger partial charge in [0.25, 0.3) is 0 Å². The zero-order valence-corrected chi connectivity index (χ0v) is 18.7. The average molecular weight is 545 g/mol. The molecule has 0 saturated heterocycles. The number of ether oxygens (including phenoxy) is 2. The van der Waals surface area contributed by atoms with Crippen molar-refractivity contribution >= 4 is 50.3 Å². The van der Waals surface area contributed by atoms with E-state index in [1.54, 1.807) is 13.3 Å². The highest BCUT2D eigenvalue weighted by atomic mass is 127. The first kappa shape index (κ1) is 19.3. The highest BCUT2D eigenvalue weighted by Crippen LogP contribution is 2.37. The molecule has 1 atom stereocenters. The van der Waals surface area contributed by atoms with Crippen molar-refractivity contribution in [3.8, 4) is 28.0 Å². The van der Waals surface area contributed by atoms with Crippen molar-refractivity contribution in [3.05, 3.63) is 58.8 Å². The van der Waals surface area contributed by atoms with Crippen molar-refractivity contribution in [1.29, 1.82) is 0 Å². The van der Waals surface area contributed by atoms with Gasteiger partial charge < -0.3 is 9.47 Å². The molecule has 0 N–H and O–H groups in total. The van der Waals surface area contributed by atoms with E-state index < -0.39 is 5.97 Å². The molecule has 1 unspecified atom stereocenters. The molecule has 26 heavy (non-hydrogen) atoms. The lowest BCUT2D eigenvalue weighted by Crippen LogP contribution is -2.04. The smallest absolute Gasteiger partial charge is 0.338 e. The predicted octanol–water partition coefficient (Wildman–Crippen LogP) is 5.57. The molecule has 8 heteroatoms. The van der Waals surface area contributed by atoms with Gasteiger partial charge in [-0.15, -0.1) is 0 Å². The zero-order valence-electron chi connectivity index (χ0n) is 14.0. The molecule has 5 nitrogen and oxygen atoms in total. The average Bonchev–Trinajstić information content (AvgIpc) is 3.16. The van der Waals surface area contributed by atoms with E-state index in [9.17, 15) is 4.79 Å². The van der Waals surface area contributed by atoms with Crippen molar-refractivity contribution in [1.82, 2.24) is 9.55 Å². The molecule has 0 aliphatic heterocycles. The second-order valence-corrected chi connectivity index (χ2v) is 8.34. The second-order valence-electron chi connectivity index (χ2n) is 5.35. The molecule has 1 aromatic heterocycles. The third-order valence-electron chi connectivity index (χ3n) is 3.88. The van der Waals surface area contributed by atoms with Crippen LogP contribution < -0.4 is 4.74 Å². The molecule has 0 aliphatic carbocycles. The van der Waals surface area contributed by atoms with Crippen LogP contribution in [-0.2, 0) is 4.74 Å². The summed E-state index contributed by atoms with van der Waals surface area (Å²) in [6.07, 6.45) is 4.28. The predicted molar refractivity (Wildman–Crippen MR) is 116 cm³/mol. The lowest BCUT2D eigenvalue weighted by Gasteiger charge is -2.13. The Morgan fingerprint density at radius 1 is 1.15 bits per heavy atom. The lowest BCUT2D eigenvalue weighted by atomic mass is 9.95. The van der Waals surface area contributed by atoms with Crippen molar-refractivity contribution < 1.29 is 14.3 Å². The molecule has 0 amide bonds. The molecule has 134 valence electrons. The van der Waals surface area contributed by atoms with Crippen LogP contribution in [0.25, 0.3) is 22.3 Å². The van der Waals surface area contributed by atoms with Crippen LogP contribution in [0.15, 0.2) is 53.3 Å². The fourth-order valence-corrected chi connectivity index (χ4v) is 4.06. The number of benzene rings is 2. The van der Waals surface area contributed by atoms with E-state index in [0.29, 0.717) is 17.7 Å². The van der Waals surface area contributed by atoms with Gasteiger partial charge in [0, 0.05) is 21.8 Å². The summed E-state index contributed by atoms with van der Waals surface area (Å²) in [5, 5.41) is 4.30. The fraction of sp³-hybridized carbons (Fsp3) is 0.111. The number of hydrogen-bond donors (Lipinski definition) is 0. The van der Waals surface area contributed by atoms with Crippen LogP contribution in [0.3, 0.4) is 0 Å². The van der Waals surface area contributed by atoms with Gasteiger partial charge in [-0.1, -0.05) is 28.1 Å². The van der Waals surface area contributed by atoms with E-state index in [0.717, 1.165) is 26.7 Å². The van der Waals surface area contributed by atoms with Crippen LogP contribution in [-0.4, -0.2) is 29.7 Å². The molecule has 0 bridgehead atoms. The monoisotopic (exact) mass is 544 g/mol. The first-order chi connectivity index (χ1) is 12.6. The van der Waals surface area contributed by atoms with E-state index >= 15 is 0 Å². The van der Waals surface area contributed by atoms with Crippen LogP contribution in [0.5, 0.6) is 5.75 Å². The summed E-state index contributed by atoms with van der Waals surface area (Å²) in [6.45, 7) is 0. The summed E-state index contributed by atoms with van der Waals surface area (Å²) in [4.78, 5) is 12.4. The molecular formula is C18H15BrIN2O3P. The quantitative estimate of drug-likeness (QED) is 0.239. The van der Waals surface area contributed by atoms with Crippen LogP contribution in [0.1, 0.15) is 10.4 Å². The normalized spacial score (nSPS) is 11.1. The van der Waals surface area contributed by atoms with Crippen LogP contribution in [0.2, 0.25) is 0 Å². The molecule has 3 aromatic rings. The molecule has 0 fully saturated rings. The number of aromatic nitrogens is 2. The van der Waals surface area contributed by atoms with Gasteiger partial charge in [-0.05, 0) is 57.4 Å². The van der Waals surface area contributed by atoms with Gasteiger partial charge in [0.05, 0.1) is 32.4 Å². The number of rotatable bonds is 5. The van der Waals surface area contributed by atoms with Crippen LogP contribution >= 0.6 is 44.3 Å². The largest absolute Gasteiger partial charge is 0.496 e. The van der Waals surface area contributed by atoms with Gasteiger partial charge in [0.1, 0.15) is 5.75 Å². The van der Waals surface area contributed by atoms with E-state index in [4.69, 9.17) is 9.47 Å². The number of halogens is 2. The van der Waals surface area contributed by atoms with Gasteiger partial charge >= 0.3 is 5.97 Å². The maximum atomic E-state index is 12.4. The Hall–Kier alpha value is -1.44. The fourth-order valence-electron chi connectivity index (χ4n) is 2.64. The Labute approximate surface area is 174 Å². The first-order valence-electron chi connectivity index (χ1n) is 7.55. The Bertz CT molecular complexity index is 961. The van der Waals surface area contributed by atoms with Gasteiger partial charge in [0.15, 0.2) is 0 Å². The molecule has 1 heterocycles. The number of esters is 1. The highest BCUT2D eigenvalue weighted by Gasteiger charge is 2.18. The molecule has 0 saturated carbocycles. The number of nitrogens with zero attached hydrogens (tertiary/aromatic N) is 2. The molecule has 0 spiro atoms. The number of carbonyl (C=O) groups is 1. The van der Waals surface area contributed by atoms with Crippen molar-refractivity contribution in [2.75, 3.05) is 14.2 Å². The van der Waals surface area contributed by atoms with Gasteiger partial charge in [-0.3, -0.25) is 0 Å². The van der Waals surface area contributed by atoms with Crippen LogP contribution in [0.4, 0.5) is 0 Å². The molecular weight excluding hydrogens is 530 g/mol. The minimum atomic E-state index is -0.394. The van der Waals surface area contributed by atoms with E-state index in [2.05, 4.69) is 43.1 Å². The summed E-state index contributed by atoms with van der Waals surface area (Å²) in [6, 6.07) is 11.4. The minimum Gasteiger partial charge on any atom is -0.496 e. The Morgan fingerprint density at radius 3 is 2.58 bits per heavy atom. The molecule has 0 radical (unpaired) electrons. The lowest BCUT2D eigenvalue weighted by molar-refractivity contribution is 0.0601. The van der Waals surface area contributed by atoms with Crippen LogP contribution in [0, 0.1) is 0 Å². The Morgan fingerprint density at radius 2 is 1.92 bits per heavy atom. The standard InChI is InChI=1S/C18H15BrIN2O3P/c1-24-17-8-13(19)4-6-15(17)14-5-3-11(7-16(14)18(23)25-2)12-9-21-22(10-12)26-20/h3-10,26H,1-2H3. The molecule has 0 aliphatic rings. The minimum absolute atomic E-state index is 0.394. The van der Waals surface area contributed by atoms with Gasteiger partial charge in [-0.25, -0.2) is 9.25 Å². The number of carbonyl (C=O) groups excluding carboxylic acids is 1. The van der Waals surface area contributed by atoms with Crippen molar-refractivity contribution in [2.45, 2.75) is 0 Å². The SMILES string of the molecule is COC(=O)c1cc(-c2cnn(PI)c2)ccc1-c1ccc(Br)cc1OC. The third kappa shape index (κ3) is 3.94. The number of methoxy groups -OCH3 is 2. The molecule has 2 aromatic carbocycles. The Balaban J connectivity index is 2.15. The maximum Gasteiger partial charge on any atom is 0.338 e. The van der Waals surface area contributed by atoms with Crippen molar-refractivity contribution in [2.24, 2.45) is 0 Å². The van der Waals surface area contributed by atoms with Gasteiger partial charge in [0.2, 0.25) is 0 Å². The zero-order chi connectivity index (χ0) is 18.7. The first-order valence-corrected chi connectivity index (χ1v) is 12.4. The summed E-state index contributed by atoms with van der Waals surface area (Å²) in [5.74, 6) is 0.284.